The minimum atomic E-state index is 0.00429. The van der Waals surface area contributed by atoms with Crippen molar-refractivity contribution in [3.05, 3.63) is 58.1 Å². The van der Waals surface area contributed by atoms with E-state index in [1.54, 1.807) is 18.2 Å². The third kappa shape index (κ3) is 3.03. The molecule has 0 amide bonds. The molecule has 0 radical (unpaired) electrons. The summed E-state index contributed by atoms with van der Waals surface area (Å²) in [5, 5.41) is 12.0. The van der Waals surface area contributed by atoms with Gasteiger partial charge in [-0.3, -0.25) is 0 Å². The molecular formula is C15H15ClN2O2. The van der Waals surface area contributed by atoms with Gasteiger partial charge in [-0.25, -0.2) is 0 Å². The van der Waals surface area contributed by atoms with Crippen LogP contribution in [0.15, 0.2) is 41.6 Å². The van der Waals surface area contributed by atoms with Gasteiger partial charge in [0.1, 0.15) is 11.5 Å². The fourth-order valence-electron chi connectivity index (χ4n) is 1.71. The monoisotopic (exact) mass is 290 g/mol. The van der Waals surface area contributed by atoms with Crippen LogP contribution in [0.5, 0.6) is 11.5 Å². The normalized spacial score (nSPS) is 11.4. The van der Waals surface area contributed by atoms with Gasteiger partial charge in [0.25, 0.3) is 0 Å². The molecule has 0 unspecified atom stereocenters. The van der Waals surface area contributed by atoms with Gasteiger partial charge in [0.05, 0.1) is 5.02 Å². The standard InChI is InChI=1S/C15H15ClN2O2/c1-9-3-5-12(7-10(9)2)20-14-6-4-11(8-13(14)16)15(17)18-19/h3-8,19H,1-2H3,(H2,17,18). The Bertz CT molecular complexity index is 669. The van der Waals surface area contributed by atoms with E-state index in [0.717, 1.165) is 5.56 Å². The van der Waals surface area contributed by atoms with Crippen molar-refractivity contribution in [2.24, 2.45) is 10.9 Å². The highest BCUT2D eigenvalue weighted by Crippen LogP contribution is 2.30. The van der Waals surface area contributed by atoms with E-state index in [9.17, 15) is 0 Å². The first-order valence-corrected chi connectivity index (χ1v) is 6.41. The van der Waals surface area contributed by atoms with Gasteiger partial charge in [-0.15, -0.1) is 0 Å². The third-order valence-corrected chi connectivity index (χ3v) is 3.34. The Morgan fingerprint density at radius 2 is 1.90 bits per heavy atom. The SMILES string of the molecule is Cc1ccc(Oc2ccc(C(N)=NO)cc2Cl)cc1C. The summed E-state index contributed by atoms with van der Waals surface area (Å²) >= 11 is 6.13. The Balaban J connectivity index is 2.28. The van der Waals surface area contributed by atoms with E-state index >= 15 is 0 Å². The number of nitrogens with zero attached hydrogens (tertiary/aromatic N) is 1. The summed E-state index contributed by atoms with van der Waals surface area (Å²) in [6.45, 7) is 4.06. The maximum absolute atomic E-state index is 8.63. The quantitative estimate of drug-likeness (QED) is 0.390. The molecule has 0 aliphatic rings. The Kier molecular flexibility index (Phi) is 4.15. The number of benzene rings is 2. The first kappa shape index (κ1) is 14.2. The number of hydrogen-bond acceptors (Lipinski definition) is 3. The molecule has 0 spiro atoms. The van der Waals surface area contributed by atoms with Crippen LogP contribution in [0.4, 0.5) is 0 Å². The Morgan fingerprint density at radius 3 is 2.50 bits per heavy atom. The second kappa shape index (κ2) is 5.84. The lowest BCUT2D eigenvalue weighted by Gasteiger charge is -2.10. The van der Waals surface area contributed by atoms with Gasteiger partial charge in [-0.2, -0.15) is 0 Å². The van der Waals surface area contributed by atoms with E-state index in [-0.39, 0.29) is 5.84 Å². The maximum Gasteiger partial charge on any atom is 0.170 e. The molecule has 0 atom stereocenters. The molecule has 2 rings (SSSR count). The Morgan fingerprint density at radius 1 is 1.15 bits per heavy atom. The van der Waals surface area contributed by atoms with Crippen molar-refractivity contribution in [2.45, 2.75) is 13.8 Å². The van der Waals surface area contributed by atoms with Crippen molar-refractivity contribution >= 4 is 17.4 Å². The molecule has 20 heavy (non-hydrogen) atoms. The van der Waals surface area contributed by atoms with Crippen molar-refractivity contribution in [1.82, 2.24) is 0 Å². The number of oxime groups is 1. The van der Waals surface area contributed by atoms with Crippen LogP contribution in [-0.2, 0) is 0 Å². The van der Waals surface area contributed by atoms with Crippen LogP contribution in [0.3, 0.4) is 0 Å². The molecule has 3 N–H and O–H groups in total. The lowest BCUT2D eigenvalue weighted by Crippen LogP contribution is -2.12. The van der Waals surface area contributed by atoms with Gasteiger partial charge in [0.2, 0.25) is 0 Å². The summed E-state index contributed by atoms with van der Waals surface area (Å²) in [5.41, 5.74) is 8.38. The summed E-state index contributed by atoms with van der Waals surface area (Å²) in [4.78, 5) is 0. The number of amidine groups is 1. The molecule has 2 aromatic carbocycles. The molecule has 0 aliphatic carbocycles. The van der Waals surface area contributed by atoms with Gasteiger partial charge in [-0.1, -0.05) is 22.8 Å². The Labute approximate surface area is 122 Å². The third-order valence-electron chi connectivity index (χ3n) is 3.04. The molecule has 104 valence electrons. The number of nitrogens with two attached hydrogens (primary N) is 1. The van der Waals surface area contributed by atoms with E-state index in [2.05, 4.69) is 5.16 Å². The summed E-state index contributed by atoms with van der Waals surface area (Å²) in [7, 11) is 0. The zero-order valence-corrected chi connectivity index (χ0v) is 12.0. The molecule has 4 nitrogen and oxygen atoms in total. The molecule has 0 bridgehead atoms. The number of hydrogen-bond donors (Lipinski definition) is 2. The van der Waals surface area contributed by atoms with Crippen molar-refractivity contribution in [3.63, 3.8) is 0 Å². The first-order valence-electron chi connectivity index (χ1n) is 6.04. The molecule has 5 heteroatoms. The molecular weight excluding hydrogens is 276 g/mol. The predicted octanol–water partition coefficient (Wildman–Crippen LogP) is 3.84. The van der Waals surface area contributed by atoms with Gasteiger partial charge >= 0.3 is 0 Å². The largest absolute Gasteiger partial charge is 0.456 e. The van der Waals surface area contributed by atoms with Crippen LogP contribution in [0.25, 0.3) is 0 Å². The lowest BCUT2D eigenvalue weighted by atomic mass is 10.1. The van der Waals surface area contributed by atoms with E-state index < -0.39 is 0 Å². The molecule has 0 heterocycles. The second-order valence-electron chi connectivity index (χ2n) is 4.48. The average molecular weight is 291 g/mol. The smallest absolute Gasteiger partial charge is 0.170 e. The second-order valence-corrected chi connectivity index (χ2v) is 4.89. The van der Waals surface area contributed by atoms with Crippen LogP contribution in [0.1, 0.15) is 16.7 Å². The van der Waals surface area contributed by atoms with E-state index in [1.165, 1.54) is 5.56 Å². The predicted molar refractivity (Wildman–Crippen MR) is 80.0 cm³/mol. The maximum atomic E-state index is 8.63. The molecule has 2 aromatic rings. The summed E-state index contributed by atoms with van der Waals surface area (Å²) in [6, 6.07) is 10.8. The van der Waals surface area contributed by atoms with Crippen LogP contribution < -0.4 is 10.5 Å². The molecule has 0 aromatic heterocycles. The van der Waals surface area contributed by atoms with Gasteiger partial charge in [0.15, 0.2) is 5.84 Å². The van der Waals surface area contributed by atoms with E-state index in [1.807, 2.05) is 32.0 Å². The lowest BCUT2D eigenvalue weighted by molar-refractivity contribution is 0.318. The van der Waals surface area contributed by atoms with Crippen LogP contribution in [0.2, 0.25) is 5.02 Å². The number of rotatable bonds is 3. The van der Waals surface area contributed by atoms with E-state index in [4.69, 9.17) is 27.3 Å². The van der Waals surface area contributed by atoms with Crippen molar-refractivity contribution in [2.75, 3.05) is 0 Å². The minimum Gasteiger partial charge on any atom is -0.456 e. The molecule has 0 aliphatic heterocycles. The average Bonchev–Trinajstić information content (AvgIpc) is 2.44. The summed E-state index contributed by atoms with van der Waals surface area (Å²) < 4.78 is 5.74. The van der Waals surface area contributed by atoms with E-state index in [0.29, 0.717) is 22.1 Å². The van der Waals surface area contributed by atoms with Gasteiger partial charge in [-0.05, 0) is 55.3 Å². The minimum absolute atomic E-state index is 0.00429. The highest BCUT2D eigenvalue weighted by molar-refractivity contribution is 6.32. The molecule has 0 saturated heterocycles. The Hall–Kier alpha value is -2.20. The topological polar surface area (TPSA) is 67.8 Å². The highest BCUT2D eigenvalue weighted by atomic mass is 35.5. The number of ether oxygens (including phenoxy) is 1. The number of halogens is 1. The zero-order valence-electron chi connectivity index (χ0n) is 11.2. The first-order chi connectivity index (χ1) is 9.51. The van der Waals surface area contributed by atoms with Crippen LogP contribution >= 0.6 is 11.6 Å². The summed E-state index contributed by atoms with van der Waals surface area (Å²) in [5.74, 6) is 1.24. The van der Waals surface area contributed by atoms with Crippen molar-refractivity contribution < 1.29 is 9.94 Å². The fraction of sp³-hybridized carbons (Fsp3) is 0.133. The zero-order chi connectivity index (χ0) is 14.7. The molecule has 0 saturated carbocycles. The van der Waals surface area contributed by atoms with Crippen LogP contribution in [-0.4, -0.2) is 11.0 Å². The van der Waals surface area contributed by atoms with Crippen LogP contribution in [0, 0.1) is 13.8 Å². The highest BCUT2D eigenvalue weighted by Gasteiger charge is 2.07. The summed E-state index contributed by atoms with van der Waals surface area (Å²) in [6.07, 6.45) is 0. The van der Waals surface area contributed by atoms with Gasteiger partial charge in [0, 0.05) is 5.56 Å². The van der Waals surface area contributed by atoms with Gasteiger partial charge < -0.3 is 15.7 Å². The van der Waals surface area contributed by atoms with Crippen molar-refractivity contribution in [3.8, 4) is 11.5 Å². The fourth-order valence-corrected chi connectivity index (χ4v) is 1.92. The van der Waals surface area contributed by atoms with Crippen molar-refractivity contribution in [1.29, 1.82) is 0 Å². The molecule has 0 fully saturated rings. The number of aryl methyl sites for hydroxylation is 2.